The lowest BCUT2D eigenvalue weighted by atomic mass is 9.81. The monoisotopic (exact) mass is 719 g/mol. The molecule has 2 saturated heterocycles. The van der Waals surface area contributed by atoms with Gasteiger partial charge < -0.3 is 9.64 Å². The number of halogens is 5. The second kappa shape index (κ2) is 16.3. The summed E-state index contributed by atoms with van der Waals surface area (Å²) >= 11 is 0. The highest BCUT2D eigenvalue weighted by Crippen LogP contribution is 2.37. The summed E-state index contributed by atoms with van der Waals surface area (Å²) in [5, 5.41) is 10.1. The van der Waals surface area contributed by atoms with E-state index in [0.717, 1.165) is 12.1 Å². The molecule has 1 unspecified atom stereocenters. The third-order valence-corrected chi connectivity index (χ3v) is 9.13. The van der Waals surface area contributed by atoms with Crippen molar-refractivity contribution in [3.8, 4) is 11.4 Å². The molecule has 2 atom stereocenters. The van der Waals surface area contributed by atoms with Gasteiger partial charge in [-0.1, -0.05) is 74.5 Å². The number of hydrogen-bond acceptors (Lipinski definition) is 7. The van der Waals surface area contributed by atoms with Crippen LogP contribution < -0.4 is 4.74 Å². The van der Waals surface area contributed by atoms with E-state index in [2.05, 4.69) is 87.7 Å². The average molecular weight is 721 g/mol. The lowest BCUT2D eigenvalue weighted by molar-refractivity contribution is -0.146. The number of carbonyl (C=O) groups is 1. The van der Waals surface area contributed by atoms with Crippen molar-refractivity contribution < 1.29 is 22.7 Å². The number of benzene rings is 3. The third kappa shape index (κ3) is 8.54. The predicted octanol–water partition coefficient (Wildman–Crippen LogP) is 6.11. The molecule has 14 heteroatoms. The maximum Gasteiger partial charge on any atom is 0.453 e. The predicted molar refractivity (Wildman–Crippen MR) is 186 cm³/mol. The highest BCUT2D eigenvalue weighted by Gasteiger charge is 2.43. The van der Waals surface area contributed by atoms with Crippen LogP contribution in [0.5, 0.6) is 5.75 Å². The van der Waals surface area contributed by atoms with E-state index < -0.39 is 12.0 Å². The highest BCUT2D eigenvalue weighted by atomic mass is 35.5. The second-order valence-corrected chi connectivity index (χ2v) is 12.8. The van der Waals surface area contributed by atoms with Crippen LogP contribution in [0.4, 0.5) is 13.2 Å². The Morgan fingerprint density at radius 3 is 2.16 bits per heavy atom. The first-order valence-electron chi connectivity index (χ1n) is 16.0. The van der Waals surface area contributed by atoms with Crippen LogP contribution in [0.2, 0.25) is 0 Å². The van der Waals surface area contributed by atoms with E-state index in [0.29, 0.717) is 49.6 Å². The van der Waals surface area contributed by atoms with Crippen LogP contribution in [0, 0.1) is 5.92 Å². The number of tetrazole rings is 1. The van der Waals surface area contributed by atoms with Crippen molar-refractivity contribution in [2.24, 2.45) is 5.92 Å². The van der Waals surface area contributed by atoms with E-state index in [4.69, 9.17) is 4.74 Å². The molecule has 2 fully saturated rings. The zero-order valence-electron chi connectivity index (χ0n) is 27.7. The van der Waals surface area contributed by atoms with Crippen LogP contribution >= 0.6 is 24.8 Å². The lowest BCUT2D eigenvalue weighted by Gasteiger charge is -2.53. The number of aromatic nitrogens is 4. The van der Waals surface area contributed by atoms with Crippen molar-refractivity contribution in [1.82, 2.24) is 34.9 Å². The molecule has 0 radical (unpaired) electrons. The lowest BCUT2D eigenvalue weighted by Crippen LogP contribution is -2.67. The summed E-state index contributed by atoms with van der Waals surface area (Å²) in [4.78, 5) is 20.1. The van der Waals surface area contributed by atoms with Gasteiger partial charge in [0, 0.05) is 69.3 Å². The zero-order valence-corrected chi connectivity index (χ0v) is 29.3. The molecular weight excluding hydrogens is 678 g/mol. The van der Waals surface area contributed by atoms with E-state index in [1.807, 2.05) is 17.0 Å². The van der Waals surface area contributed by atoms with Gasteiger partial charge in [-0.25, -0.2) is 0 Å². The average Bonchev–Trinajstić information content (AvgIpc) is 3.57. The van der Waals surface area contributed by atoms with Gasteiger partial charge in [-0.05, 0) is 45.7 Å². The minimum atomic E-state index is -4.71. The molecule has 0 spiro atoms. The molecule has 1 aromatic heterocycles. The second-order valence-electron chi connectivity index (χ2n) is 12.8. The largest absolute Gasteiger partial charge is 0.496 e. The quantitative estimate of drug-likeness (QED) is 0.207. The van der Waals surface area contributed by atoms with Crippen molar-refractivity contribution in [2.45, 2.75) is 51.0 Å². The number of amides is 1. The van der Waals surface area contributed by atoms with E-state index in [9.17, 15) is 18.0 Å². The summed E-state index contributed by atoms with van der Waals surface area (Å²) in [7, 11) is 1.55. The molecule has 3 aromatic carbocycles. The number of rotatable bonds is 9. The number of hydrogen-bond donors (Lipinski definition) is 0. The number of fused-ring (bicyclic) bond motifs is 1. The summed E-state index contributed by atoms with van der Waals surface area (Å²) in [6, 6.07) is 26.0. The Hall–Kier alpha value is -3.71. The third-order valence-electron chi connectivity index (χ3n) is 9.13. The highest BCUT2D eigenvalue weighted by molar-refractivity contribution is 5.85. The Morgan fingerprint density at radius 1 is 0.918 bits per heavy atom. The molecule has 2 aliphatic heterocycles. The molecule has 6 rings (SSSR count). The zero-order chi connectivity index (χ0) is 33.1. The Labute approximate surface area is 297 Å². The van der Waals surface area contributed by atoms with E-state index in [1.54, 1.807) is 19.2 Å². The van der Waals surface area contributed by atoms with Gasteiger partial charge in [-0.3, -0.25) is 14.6 Å². The first-order chi connectivity index (χ1) is 22.6. The van der Waals surface area contributed by atoms with Crippen molar-refractivity contribution >= 4 is 30.7 Å². The first kappa shape index (κ1) is 38.1. The smallest absolute Gasteiger partial charge is 0.453 e. The fraction of sp³-hybridized carbons (Fsp3) is 0.429. The molecule has 4 aromatic rings. The molecule has 0 bridgehead atoms. The Bertz CT molecular complexity index is 1620. The van der Waals surface area contributed by atoms with Crippen LogP contribution in [0.1, 0.15) is 48.7 Å². The van der Waals surface area contributed by atoms with Crippen LogP contribution in [0.3, 0.4) is 0 Å². The van der Waals surface area contributed by atoms with E-state index in [-0.39, 0.29) is 60.3 Å². The van der Waals surface area contributed by atoms with Crippen molar-refractivity contribution in [1.29, 1.82) is 0 Å². The SMILES string of the molecule is COc1ccc(-n2nnnc2C(F)(F)F)cc1CN1CC(C(c2ccccc2)c2ccccc2)N2CCN(C(=O)CC(C)C)C[C@H]2C1.Cl.Cl. The molecule has 3 heterocycles. The molecule has 0 aliphatic carbocycles. The topological polar surface area (TPSA) is 79.6 Å². The Kier molecular flexibility index (Phi) is 12.7. The van der Waals surface area contributed by atoms with Crippen LogP contribution in [0.25, 0.3) is 5.69 Å². The maximum absolute atomic E-state index is 13.7. The van der Waals surface area contributed by atoms with Gasteiger partial charge >= 0.3 is 6.18 Å². The fourth-order valence-electron chi connectivity index (χ4n) is 7.10. The van der Waals surface area contributed by atoms with Crippen LogP contribution in [-0.4, -0.2) is 92.7 Å². The molecule has 264 valence electrons. The minimum absolute atomic E-state index is 0. The van der Waals surface area contributed by atoms with Gasteiger partial charge in [0.25, 0.3) is 5.82 Å². The number of methoxy groups -OCH3 is 1. The van der Waals surface area contributed by atoms with Gasteiger partial charge in [0.2, 0.25) is 5.91 Å². The molecule has 0 saturated carbocycles. The van der Waals surface area contributed by atoms with E-state index in [1.165, 1.54) is 17.2 Å². The number of piperazine rings is 2. The van der Waals surface area contributed by atoms with Crippen molar-refractivity contribution in [3.05, 3.63) is 101 Å². The van der Waals surface area contributed by atoms with Crippen molar-refractivity contribution in [2.75, 3.05) is 39.8 Å². The van der Waals surface area contributed by atoms with Crippen LogP contribution in [-0.2, 0) is 17.5 Å². The standard InChI is InChI=1S/C35H40F3N7O2.2ClH/c1-24(2)18-32(46)43-16-17-44-29(22-43)21-42(23-30(44)33(25-10-6-4-7-11-25)26-12-8-5-9-13-26)20-27-19-28(14-15-31(27)47-3)45-34(35(36,37)38)39-40-41-45;;/h4-15,19,24,29-30,33H,16-18,20-23H2,1-3H3;2*1H/t29-,30?;;/m1../s1. The summed E-state index contributed by atoms with van der Waals surface area (Å²) in [5.74, 6) is -0.121. The summed E-state index contributed by atoms with van der Waals surface area (Å²) in [6.07, 6.45) is -4.20. The van der Waals surface area contributed by atoms with E-state index >= 15 is 0 Å². The van der Waals surface area contributed by atoms with Crippen LogP contribution in [0.15, 0.2) is 78.9 Å². The van der Waals surface area contributed by atoms with Gasteiger partial charge in [0.1, 0.15) is 5.75 Å². The summed E-state index contributed by atoms with van der Waals surface area (Å²) in [6.45, 7) is 8.00. The van der Waals surface area contributed by atoms with Gasteiger partial charge in [-0.2, -0.15) is 17.9 Å². The number of ether oxygens (including phenoxy) is 1. The van der Waals surface area contributed by atoms with Gasteiger partial charge in [-0.15, -0.1) is 29.9 Å². The number of carbonyl (C=O) groups excluding carboxylic acids is 1. The number of nitrogens with zero attached hydrogens (tertiary/aromatic N) is 7. The summed E-state index contributed by atoms with van der Waals surface area (Å²) in [5.41, 5.74) is 3.34. The van der Waals surface area contributed by atoms with Gasteiger partial charge in [0.15, 0.2) is 0 Å². The molecular formula is C35H42Cl2F3N7O2. The number of alkyl halides is 3. The molecule has 2 aliphatic rings. The Balaban J connectivity index is 0.00000270. The molecule has 1 amide bonds. The van der Waals surface area contributed by atoms with Crippen molar-refractivity contribution in [3.63, 3.8) is 0 Å². The summed E-state index contributed by atoms with van der Waals surface area (Å²) < 4.78 is 47.4. The van der Waals surface area contributed by atoms with Gasteiger partial charge in [0.05, 0.1) is 12.8 Å². The molecule has 49 heavy (non-hydrogen) atoms. The fourth-order valence-corrected chi connectivity index (χ4v) is 7.10. The maximum atomic E-state index is 13.7. The normalized spacial score (nSPS) is 18.5. The Morgan fingerprint density at radius 2 is 1.57 bits per heavy atom. The molecule has 0 N–H and O–H groups in total. The minimum Gasteiger partial charge on any atom is -0.496 e. The first-order valence-corrected chi connectivity index (χ1v) is 16.0. The molecule has 9 nitrogen and oxygen atoms in total.